The fraction of sp³-hybridized carbons (Fsp3) is 0.194. The molecule has 0 saturated heterocycles. The molecule has 0 aliphatic rings. The Hall–Kier alpha value is -5.77. The Bertz CT molecular complexity index is 1920. The molecule has 0 fully saturated rings. The van der Waals surface area contributed by atoms with E-state index in [0.717, 1.165) is 62.5 Å². The van der Waals surface area contributed by atoms with E-state index >= 15 is 0 Å². The number of amides is 1. The molecule has 0 saturated carbocycles. The number of pyridine rings is 3. The number of methoxy groups -OCH3 is 2. The first kappa shape index (κ1) is 30.3. The van der Waals surface area contributed by atoms with E-state index in [1.807, 2.05) is 48.7 Å². The van der Waals surface area contributed by atoms with Crippen LogP contribution in [0.3, 0.4) is 0 Å². The molecule has 0 spiro atoms. The highest BCUT2D eigenvalue weighted by Gasteiger charge is 2.19. The van der Waals surface area contributed by atoms with Crippen molar-refractivity contribution in [2.75, 3.05) is 24.4 Å². The molecule has 0 aliphatic heterocycles. The molecule has 6 rings (SSSR count). The summed E-state index contributed by atoms with van der Waals surface area (Å²) in [7, 11) is 5.05. The second-order valence-electron chi connectivity index (χ2n) is 10.9. The molecule has 4 heterocycles. The van der Waals surface area contributed by atoms with Crippen molar-refractivity contribution in [3.63, 3.8) is 0 Å². The van der Waals surface area contributed by atoms with Crippen LogP contribution < -0.4 is 19.7 Å². The smallest absolute Gasteiger partial charge is 0.275 e. The number of carbonyl (C=O) groups excluding carboxylic acids is 1. The molecule has 0 atom stereocenters. The third-order valence-corrected chi connectivity index (χ3v) is 7.92. The molecule has 1 N–H and O–H groups in total. The maximum Gasteiger partial charge on any atom is 0.275 e. The van der Waals surface area contributed by atoms with Crippen molar-refractivity contribution < 1.29 is 14.3 Å². The molecular formula is C36H35N7O3. The quantitative estimate of drug-likeness (QED) is 0.177. The van der Waals surface area contributed by atoms with E-state index in [9.17, 15) is 4.79 Å². The number of hydrogen-bond acceptors (Lipinski definition) is 8. The zero-order chi connectivity index (χ0) is 32.0. The van der Waals surface area contributed by atoms with Gasteiger partial charge in [0.25, 0.3) is 5.91 Å². The predicted molar refractivity (Wildman–Crippen MR) is 179 cm³/mol. The van der Waals surface area contributed by atoms with Crippen LogP contribution in [0.2, 0.25) is 0 Å². The minimum absolute atomic E-state index is 0.289. The number of fused-ring (bicyclic) bond motifs is 1. The number of aromatic nitrogens is 5. The topological polar surface area (TPSA) is 107 Å². The van der Waals surface area contributed by atoms with Gasteiger partial charge in [-0.1, -0.05) is 31.2 Å². The summed E-state index contributed by atoms with van der Waals surface area (Å²) in [6.07, 6.45) is 7.86. The molecule has 1 amide bonds. The second-order valence-corrected chi connectivity index (χ2v) is 10.9. The lowest BCUT2D eigenvalue weighted by Gasteiger charge is -2.26. The van der Waals surface area contributed by atoms with Crippen molar-refractivity contribution in [3.8, 4) is 22.8 Å². The van der Waals surface area contributed by atoms with E-state index in [4.69, 9.17) is 14.5 Å². The first-order valence-electron chi connectivity index (χ1n) is 15.0. The van der Waals surface area contributed by atoms with Crippen molar-refractivity contribution in [2.45, 2.75) is 26.4 Å². The normalized spacial score (nSPS) is 11.0. The van der Waals surface area contributed by atoms with Gasteiger partial charge < -0.3 is 19.7 Å². The van der Waals surface area contributed by atoms with Gasteiger partial charge in [-0.2, -0.15) is 5.10 Å². The average Bonchev–Trinajstić information content (AvgIpc) is 3.53. The number of hydrogen-bond donors (Lipinski definition) is 1. The Balaban J connectivity index is 1.49. The molecule has 2 aromatic carbocycles. The fourth-order valence-corrected chi connectivity index (χ4v) is 5.43. The van der Waals surface area contributed by atoms with Crippen molar-refractivity contribution >= 4 is 28.3 Å². The summed E-state index contributed by atoms with van der Waals surface area (Å²) >= 11 is 0. The van der Waals surface area contributed by atoms with Crippen LogP contribution in [0.5, 0.6) is 11.5 Å². The van der Waals surface area contributed by atoms with Gasteiger partial charge >= 0.3 is 0 Å². The molecule has 10 heteroatoms. The summed E-state index contributed by atoms with van der Waals surface area (Å²) < 4.78 is 12.3. The number of nitrogens with one attached hydrogen (secondary N) is 1. The zero-order valence-corrected chi connectivity index (χ0v) is 26.3. The number of nitrogens with zero attached hydrogens (tertiary/aromatic N) is 6. The van der Waals surface area contributed by atoms with Crippen LogP contribution in [-0.4, -0.2) is 44.9 Å². The number of rotatable bonds is 11. The number of anilines is 2. The summed E-state index contributed by atoms with van der Waals surface area (Å²) in [5.74, 6) is 2.50. The van der Waals surface area contributed by atoms with Crippen LogP contribution in [0.25, 0.3) is 22.0 Å². The molecule has 10 nitrogen and oxygen atoms in total. The van der Waals surface area contributed by atoms with Gasteiger partial charge in [-0.3, -0.25) is 14.5 Å². The molecule has 232 valence electrons. The molecule has 6 aromatic rings. The largest absolute Gasteiger partial charge is 0.497 e. The molecular weight excluding hydrogens is 578 g/mol. The minimum atomic E-state index is -0.289. The van der Waals surface area contributed by atoms with E-state index in [1.165, 1.54) is 4.68 Å². The summed E-state index contributed by atoms with van der Waals surface area (Å²) in [6, 6.07) is 23.7. The molecule has 0 unspecified atom stereocenters. The monoisotopic (exact) mass is 613 g/mol. The lowest BCUT2D eigenvalue weighted by atomic mass is 10.0. The van der Waals surface area contributed by atoms with Gasteiger partial charge in [-0.05, 0) is 77.0 Å². The maximum absolute atomic E-state index is 13.0. The van der Waals surface area contributed by atoms with Gasteiger partial charge in [0.15, 0.2) is 0 Å². The zero-order valence-electron chi connectivity index (χ0n) is 26.3. The van der Waals surface area contributed by atoms with Crippen LogP contribution in [0.15, 0.2) is 97.6 Å². The van der Waals surface area contributed by atoms with Gasteiger partial charge in [0, 0.05) is 55.9 Å². The summed E-state index contributed by atoms with van der Waals surface area (Å²) in [6.45, 7) is 3.28. The predicted octanol–water partition coefficient (Wildman–Crippen LogP) is 6.46. The first-order valence-corrected chi connectivity index (χ1v) is 15.0. The van der Waals surface area contributed by atoms with E-state index in [-0.39, 0.29) is 5.91 Å². The van der Waals surface area contributed by atoms with Crippen molar-refractivity contribution in [2.24, 2.45) is 7.05 Å². The third kappa shape index (κ3) is 6.51. The Morgan fingerprint density at radius 2 is 1.54 bits per heavy atom. The Kier molecular flexibility index (Phi) is 8.87. The first-order chi connectivity index (χ1) is 22.4. The highest BCUT2D eigenvalue weighted by atomic mass is 16.5. The molecule has 0 aliphatic carbocycles. The van der Waals surface area contributed by atoms with Crippen LogP contribution in [-0.2, 0) is 26.6 Å². The maximum atomic E-state index is 13.0. The number of benzene rings is 2. The average molecular weight is 614 g/mol. The Morgan fingerprint density at radius 3 is 2.13 bits per heavy atom. The lowest BCUT2D eigenvalue weighted by Crippen LogP contribution is -2.24. The van der Waals surface area contributed by atoms with Crippen molar-refractivity contribution in [1.82, 2.24) is 24.7 Å². The summed E-state index contributed by atoms with van der Waals surface area (Å²) in [5, 5.41) is 8.78. The highest BCUT2D eigenvalue weighted by molar-refractivity contribution is 6.04. The van der Waals surface area contributed by atoms with Gasteiger partial charge in [-0.25, -0.2) is 9.97 Å². The lowest BCUT2D eigenvalue weighted by molar-refractivity contribution is 0.101. The molecule has 46 heavy (non-hydrogen) atoms. The van der Waals surface area contributed by atoms with Gasteiger partial charge in [0.1, 0.15) is 28.8 Å². The molecule has 4 aromatic heterocycles. The van der Waals surface area contributed by atoms with Gasteiger partial charge in [0.2, 0.25) is 0 Å². The highest BCUT2D eigenvalue weighted by Crippen LogP contribution is 2.34. The van der Waals surface area contributed by atoms with Crippen molar-refractivity contribution in [1.29, 1.82) is 0 Å². The summed E-state index contributed by atoms with van der Waals surface area (Å²) in [5.41, 5.74) is 5.52. The van der Waals surface area contributed by atoms with Crippen LogP contribution in [0, 0.1) is 0 Å². The SMILES string of the molecule is CCc1ccncc1-c1cc2cc(NC(=O)c3ccnn3C)ncc2c(N(Cc2ccc(OC)cc2)Cc2ccc(OC)cc2)n1. The van der Waals surface area contributed by atoms with Crippen molar-refractivity contribution in [3.05, 3.63) is 120 Å². The standard InChI is InChI=1S/C36H35N7O3/c1-5-26-14-16-37-20-30(26)32-18-27-19-34(41-36(44)33-15-17-39-42(33)2)38-21-31(27)35(40-32)43(22-24-6-10-28(45-3)11-7-24)23-25-8-12-29(46-4)13-9-25/h6-21H,5,22-23H2,1-4H3,(H,38,41,44). The summed E-state index contributed by atoms with van der Waals surface area (Å²) in [4.78, 5) is 29.6. The van der Waals surface area contributed by atoms with Crippen LogP contribution in [0.4, 0.5) is 11.6 Å². The molecule has 0 bridgehead atoms. The number of ether oxygens (including phenoxy) is 2. The van der Waals surface area contributed by atoms with E-state index in [2.05, 4.69) is 56.5 Å². The van der Waals surface area contributed by atoms with Crippen LogP contribution >= 0.6 is 0 Å². The van der Waals surface area contributed by atoms with Crippen LogP contribution in [0.1, 0.15) is 34.1 Å². The fourth-order valence-electron chi connectivity index (χ4n) is 5.43. The Morgan fingerprint density at radius 1 is 0.870 bits per heavy atom. The van der Waals surface area contributed by atoms with Gasteiger partial charge in [0.05, 0.1) is 19.9 Å². The minimum Gasteiger partial charge on any atom is -0.497 e. The Labute approximate surface area is 267 Å². The number of carbonyl (C=O) groups is 1. The molecule has 0 radical (unpaired) electrons. The van der Waals surface area contributed by atoms with E-state index < -0.39 is 0 Å². The van der Waals surface area contributed by atoms with E-state index in [1.54, 1.807) is 45.9 Å². The second kappa shape index (κ2) is 13.5. The van der Waals surface area contributed by atoms with E-state index in [0.29, 0.717) is 24.6 Å². The van der Waals surface area contributed by atoms with Gasteiger partial charge in [-0.15, -0.1) is 0 Å². The number of aryl methyl sites for hydroxylation is 2. The third-order valence-electron chi connectivity index (χ3n) is 7.92.